The van der Waals surface area contributed by atoms with Crippen molar-refractivity contribution in [1.82, 2.24) is 10.4 Å². The van der Waals surface area contributed by atoms with Crippen LogP contribution in [-0.4, -0.2) is 17.9 Å². The van der Waals surface area contributed by atoms with Crippen molar-refractivity contribution >= 4 is 16.7 Å². The van der Waals surface area contributed by atoms with Gasteiger partial charge in [0.1, 0.15) is 0 Å². The number of hydrogen-bond acceptors (Lipinski definition) is 3. The number of fused-ring (bicyclic) bond motifs is 1. The SMILES string of the molecule is CN/N=C(\N)c1cnc2ccccc2c1. The molecule has 3 N–H and O–H groups in total. The minimum absolute atomic E-state index is 0.441. The topological polar surface area (TPSA) is 63.3 Å². The zero-order valence-electron chi connectivity index (χ0n) is 8.44. The molecule has 0 aliphatic heterocycles. The van der Waals surface area contributed by atoms with Gasteiger partial charge in [-0.15, -0.1) is 0 Å². The van der Waals surface area contributed by atoms with Gasteiger partial charge in [0.25, 0.3) is 0 Å². The Morgan fingerprint density at radius 3 is 3.00 bits per heavy atom. The molecule has 76 valence electrons. The highest BCUT2D eigenvalue weighted by atomic mass is 15.3. The summed E-state index contributed by atoms with van der Waals surface area (Å²) in [5.41, 5.74) is 10.2. The molecule has 1 heterocycles. The number of aromatic nitrogens is 1. The summed E-state index contributed by atoms with van der Waals surface area (Å²) in [6.45, 7) is 0. The number of para-hydroxylation sites is 1. The molecule has 0 saturated carbocycles. The molecule has 1 aromatic heterocycles. The van der Waals surface area contributed by atoms with E-state index in [1.54, 1.807) is 13.2 Å². The Kier molecular flexibility index (Phi) is 2.49. The molecule has 0 radical (unpaired) electrons. The zero-order chi connectivity index (χ0) is 10.7. The minimum Gasteiger partial charge on any atom is -0.382 e. The summed E-state index contributed by atoms with van der Waals surface area (Å²) in [6.07, 6.45) is 1.72. The third kappa shape index (κ3) is 1.88. The molecular weight excluding hydrogens is 188 g/mol. The highest BCUT2D eigenvalue weighted by Gasteiger charge is 2.00. The number of benzene rings is 1. The van der Waals surface area contributed by atoms with Crippen molar-refractivity contribution in [3.05, 3.63) is 42.1 Å². The summed E-state index contributed by atoms with van der Waals surface area (Å²) >= 11 is 0. The average Bonchev–Trinajstić information content (AvgIpc) is 2.29. The molecule has 0 fully saturated rings. The maximum atomic E-state index is 5.74. The van der Waals surface area contributed by atoms with Gasteiger partial charge >= 0.3 is 0 Å². The largest absolute Gasteiger partial charge is 0.382 e. The normalized spacial score (nSPS) is 11.7. The summed E-state index contributed by atoms with van der Waals surface area (Å²) in [5, 5.41) is 4.97. The Morgan fingerprint density at radius 2 is 2.20 bits per heavy atom. The predicted octanol–water partition coefficient (Wildman–Crippen LogP) is 1.07. The van der Waals surface area contributed by atoms with Crippen LogP contribution in [0.4, 0.5) is 0 Å². The minimum atomic E-state index is 0.441. The van der Waals surface area contributed by atoms with Gasteiger partial charge in [0, 0.05) is 24.2 Å². The summed E-state index contributed by atoms with van der Waals surface area (Å²) in [6, 6.07) is 9.86. The number of nitrogens with one attached hydrogen (secondary N) is 1. The van der Waals surface area contributed by atoms with E-state index in [4.69, 9.17) is 5.73 Å². The molecule has 1 aromatic carbocycles. The van der Waals surface area contributed by atoms with E-state index in [9.17, 15) is 0 Å². The lowest BCUT2D eigenvalue weighted by Crippen LogP contribution is -2.17. The Balaban J connectivity index is 2.51. The molecule has 0 atom stereocenters. The van der Waals surface area contributed by atoms with Crippen LogP contribution in [0.5, 0.6) is 0 Å². The van der Waals surface area contributed by atoms with E-state index in [-0.39, 0.29) is 0 Å². The highest BCUT2D eigenvalue weighted by molar-refractivity contribution is 5.99. The van der Waals surface area contributed by atoms with Gasteiger partial charge in [-0.1, -0.05) is 18.2 Å². The Labute approximate surface area is 87.8 Å². The van der Waals surface area contributed by atoms with Gasteiger partial charge in [0.15, 0.2) is 5.84 Å². The van der Waals surface area contributed by atoms with Crippen LogP contribution in [0.25, 0.3) is 10.9 Å². The first-order valence-corrected chi connectivity index (χ1v) is 4.66. The van der Waals surface area contributed by atoms with Crippen LogP contribution in [0, 0.1) is 0 Å². The molecule has 0 saturated heterocycles. The van der Waals surface area contributed by atoms with Gasteiger partial charge in [-0.2, -0.15) is 5.10 Å². The molecule has 0 aliphatic carbocycles. The first kappa shape index (κ1) is 9.45. The smallest absolute Gasteiger partial charge is 0.152 e. The van der Waals surface area contributed by atoms with E-state index < -0.39 is 0 Å². The lowest BCUT2D eigenvalue weighted by molar-refractivity contribution is 0.897. The van der Waals surface area contributed by atoms with Crippen molar-refractivity contribution in [1.29, 1.82) is 0 Å². The number of pyridine rings is 1. The number of nitrogens with two attached hydrogens (primary N) is 1. The van der Waals surface area contributed by atoms with Crippen molar-refractivity contribution in [3.8, 4) is 0 Å². The Hall–Kier alpha value is -2.10. The van der Waals surface area contributed by atoms with Crippen LogP contribution < -0.4 is 11.2 Å². The van der Waals surface area contributed by atoms with Gasteiger partial charge in [0.2, 0.25) is 0 Å². The number of rotatable bonds is 2. The van der Waals surface area contributed by atoms with E-state index in [0.29, 0.717) is 5.84 Å². The predicted molar refractivity (Wildman–Crippen MR) is 61.5 cm³/mol. The highest BCUT2D eigenvalue weighted by Crippen LogP contribution is 2.12. The molecule has 4 heteroatoms. The van der Waals surface area contributed by atoms with Crippen LogP contribution in [0.3, 0.4) is 0 Å². The van der Waals surface area contributed by atoms with Crippen molar-refractivity contribution in [3.63, 3.8) is 0 Å². The molecule has 0 bridgehead atoms. The molecule has 0 unspecified atom stereocenters. The van der Waals surface area contributed by atoms with Crippen LogP contribution in [0.2, 0.25) is 0 Å². The van der Waals surface area contributed by atoms with Gasteiger partial charge in [-0.25, -0.2) is 0 Å². The Morgan fingerprint density at radius 1 is 1.40 bits per heavy atom. The van der Waals surface area contributed by atoms with Crippen molar-refractivity contribution in [2.75, 3.05) is 7.05 Å². The quantitative estimate of drug-likeness (QED) is 0.433. The second kappa shape index (κ2) is 3.96. The molecule has 15 heavy (non-hydrogen) atoms. The molecule has 2 aromatic rings. The van der Waals surface area contributed by atoms with E-state index >= 15 is 0 Å². The summed E-state index contributed by atoms with van der Waals surface area (Å²) in [7, 11) is 1.71. The van der Waals surface area contributed by atoms with E-state index in [0.717, 1.165) is 16.5 Å². The molecule has 0 aliphatic rings. The number of amidine groups is 1. The first-order valence-electron chi connectivity index (χ1n) is 4.66. The maximum absolute atomic E-state index is 5.74. The van der Waals surface area contributed by atoms with E-state index in [1.165, 1.54) is 0 Å². The molecular formula is C11H12N4. The molecule has 0 spiro atoms. The average molecular weight is 200 g/mol. The van der Waals surface area contributed by atoms with Gasteiger partial charge in [-0.3, -0.25) is 4.98 Å². The summed E-state index contributed by atoms with van der Waals surface area (Å²) in [5.74, 6) is 0.441. The standard InChI is InChI=1S/C11H12N4/c1-13-15-11(12)9-6-8-4-2-3-5-10(8)14-7-9/h2-7,13H,1H3,(H2,12,15). The number of hydrazone groups is 1. The summed E-state index contributed by atoms with van der Waals surface area (Å²) < 4.78 is 0. The van der Waals surface area contributed by atoms with Crippen molar-refractivity contribution in [2.45, 2.75) is 0 Å². The molecule has 2 rings (SSSR count). The number of nitrogens with zero attached hydrogens (tertiary/aromatic N) is 2. The molecule has 0 amide bonds. The van der Waals surface area contributed by atoms with Crippen LogP contribution in [0.1, 0.15) is 5.56 Å². The van der Waals surface area contributed by atoms with Gasteiger partial charge in [-0.05, 0) is 12.1 Å². The monoisotopic (exact) mass is 200 g/mol. The van der Waals surface area contributed by atoms with Crippen LogP contribution in [-0.2, 0) is 0 Å². The fraction of sp³-hybridized carbons (Fsp3) is 0.0909. The van der Waals surface area contributed by atoms with Gasteiger partial charge in [0.05, 0.1) is 5.52 Å². The van der Waals surface area contributed by atoms with Gasteiger partial charge < -0.3 is 11.2 Å². The Bertz CT molecular complexity index is 505. The fourth-order valence-electron chi connectivity index (χ4n) is 1.40. The van der Waals surface area contributed by atoms with Crippen LogP contribution in [0.15, 0.2) is 41.6 Å². The van der Waals surface area contributed by atoms with Crippen molar-refractivity contribution in [2.24, 2.45) is 10.8 Å². The number of hydrogen-bond donors (Lipinski definition) is 2. The second-order valence-electron chi connectivity index (χ2n) is 3.14. The van der Waals surface area contributed by atoms with Crippen molar-refractivity contribution < 1.29 is 0 Å². The maximum Gasteiger partial charge on any atom is 0.152 e. The van der Waals surface area contributed by atoms with E-state index in [2.05, 4.69) is 15.5 Å². The van der Waals surface area contributed by atoms with E-state index in [1.807, 2.05) is 30.3 Å². The lowest BCUT2D eigenvalue weighted by Gasteiger charge is -2.02. The third-order valence-corrected chi connectivity index (χ3v) is 2.12. The summed E-state index contributed by atoms with van der Waals surface area (Å²) in [4.78, 5) is 4.30. The first-order chi connectivity index (χ1) is 7.31. The zero-order valence-corrected chi connectivity index (χ0v) is 8.44. The fourth-order valence-corrected chi connectivity index (χ4v) is 1.40. The second-order valence-corrected chi connectivity index (χ2v) is 3.14. The lowest BCUT2D eigenvalue weighted by atomic mass is 10.1. The molecule has 4 nitrogen and oxygen atoms in total. The third-order valence-electron chi connectivity index (χ3n) is 2.12. The van der Waals surface area contributed by atoms with Crippen LogP contribution >= 0.6 is 0 Å².